The fourth-order valence-electron chi connectivity index (χ4n) is 1.12. The number of hydrogen-bond donors (Lipinski definition) is 2. The van der Waals surface area contributed by atoms with Crippen LogP contribution in [-0.4, -0.2) is 18.5 Å². The number of unbranched alkanes of at least 4 members (excludes halogenated alkanes) is 3. The van der Waals surface area contributed by atoms with E-state index < -0.39 is 0 Å². The number of nitrogens with two attached hydrogens (primary N) is 1. The van der Waals surface area contributed by atoms with Crippen molar-refractivity contribution in [3.63, 3.8) is 0 Å². The fourth-order valence-corrected chi connectivity index (χ4v) is 1.12. The van der Waals surface area contributed by atoms with Gasteiger partial charge in [0.15, 0.2) is 0 Å². The minimum atomic E-state index is 0.110. The zero-order chi connectivity index (χ0) is 10.1. The second kappa shape index (κ2) is 8.05. The van der Waals surface area contributed by atoms with E-state index in [1.54, 1.807) is 0 Å². The Morgan fingerprint density at radius 3 is 2.62 bits per heavy atom. The lowest BCUT2D eigenvalue weighted by Crippen LogP contribution is -2.37. The zero-order valence-corrected chi connectivity index (χ0v) is 8.81. The second-order valence-electron chi connectivity index (χ2n) is 3.51. The summed E-state index contributed by atoms with van der Waals surface area (Å²) in [7, 11) is 0. The summed E-state index contributed by atoms with van der Waals surface area (Å²) in [6, 6.07) is 0.110. The minimum absolute atomic E-state index is 0.110. The van der Waals surface area contributed by atoms with Crippen LogP contribution in [0.25, 0.3) is 0 Å². The summed E-state index contributed by atoms with van der Waals surface area (Å²) in [6.45, 7) is 4.60. The first-order valence-corrected chi connectivity index (χ1v) is 5.20. The molecule has 0 aliphatic rings. The molecule has 78 valence electrons. The number of nitrogens with one attached hydrogen (secondary N) is 1. The van der Waals surface area contributed by atoms with Gasteiger partial charge in [-0.15, -0.1) is 0 Å². The molecular weight excluding hydrogens is 164 g/mol. The molecule has 0 aromatic carbocycles. The van der Waals surface area contributed by atoms with Gasteiger partial charge in [-0.05, 0) is 13.3 Å². The van der Waals surface area contributed by atoms with Crippen LogP contribution in [0.4, 0.5) is 0 Å². The molecule has 1 atom stereocenters. The predicted octanol–water partition coefficient (Wildman–Crippen LogP) is 1.42. The van der Waals surface area contributed by atoms with E-state index in [1.165, 1.54) is 12.8 Å². The SMILES string of the molecule is CCCCCCC(=O)NC(C)CN. The monoisotopic (exact) mass is 186 g/mol. The van der Waals surface area contributed by atoms with Crippen LogP contribution in [0.2, 0.25) is 0 Å². The maximum Gasteiger partial charge on any atom is 0.220 e. The molecule has 0 aromatic heterocycles. The highest BCUT2D eigenvalue weighted by atomic mass is 16.1. The Bertz CT molecular complexity index is 137. The maximum absolute atomic E-state index is 11.2. The van der Waals surface area contributed by atoms with Gasteiger partial charge in [-0.25, -0.2) is 0 Å². The average Bonchev–Trinajstić information content (AvgIpc) is 2.12. The van der Waals surface area contributed by atoms with Crippen LogP contribution >= 0.6 is 0 Å². The lowest BCUT2D eigenvalue weighted by Gasteiger charge is -2.10. The van der Waals surface area contributed by atoms with Crippen molar-refractivity contribution in [3.05, 3.63) is 0 Å². The number of carbonyl (C=O) groups excluding carboxylic acids is 1. The molecular formula is C10H22N2O. The van der Waals surface area contributed by atoms with Crippen LogP contribution in [0.15, 0.2) is 0 Å². The van der Waals surface area contributed by atoms with Crippen molar-refractivity contribution in [1.82, 2.24) is 5.32 Å². The number of carbonyl (C=O) groups is 1. The molecule has 3 N–H and O–H groups in total. The number of rotatable bonds is 7. The topological polar surface area (TPSA) is 55.1 Å². The van der Waals surface area contributed by atoms with E-state index in [4.69, 9.17) is 5.73 Å². The average molecular weight is 186 g/mol. The maximum atomic E-state index is 11.2. The molecule has 0 bridgehead atoms. The first kappa shape index (κ1) is 12.4. The molecule has 0 saturated carbocycles. The molecule has 0 aliphatic carbocycles. The molecule has 0 rings (SSSR count). The van der Waals surface area contributed by atoms with E-state index >= 15 is 0 Å². The standard InChI is InChI=1S/C10H22N2O/c1-3-4-5-6-7-10(13)12-9(2)8-11/h9H,3-8,11H2,1-2H3,(H,12,13). The van der Waals surface area contributed by atoms with Gasteiger partial charge in [0, 0.05) is 19.0 Å². The van der Waals surface area contributed by atoms with Gasteiger partial charge < -0.3 is 11.1 Å². The minimum Gasteiger partial charge on any atom is -0.352 e. The van der Waals surface area contributed by atoms with Gasteiger partial charge in [-0.2, -0.15) is 0 Å². The lowest BCUT2D eigenvalue weighted by atomic mass is 10.1. The Balaban J connectivity index is 3.30. The Hall–Kier alpha value is -0.570. The van der Waals surface area contributed by atoms with Crippen molar-refractivity contribution in [2.24, 2.45) is 5.73 Å². The summed E-state index contributed by atoms with van der Waals surface area (Å²) < 4.78 is 0. The molecule has 3 heteroatoms. The van der Waals surface area contributed by atoms with Crippen LogP contribution in [0.1, 0.15) is 46.0 Å². The highest BCUT2D eigenvalue weighted by Crippen LogP contribution is 2.02. The molecule has 0 spiro atoms. The third-order valence-corrected chi connectivity index (χ3v) is 2.02. The Morgan fingerprint density at radius 2 is 2.08 bits per heavy atom. The summed E-state index contributed by atoms with van der Waals surface area (Å²) in [6.07, 6.45) is 5.22. The molecule has 1 unspecified atom stereocenters. The van der Waals surface area contributed by atoms with E-state index in [0.29, 0.717) is 13.0 Å². The number of amides is 1. The first-order valence-electron chi connectivity index (χ1n) is 5.20. The molecule has 0 aromatic rings. The summed E-state index contributed by atoms with van der Waals surface area (Å²) >= 11 is 0. The zero-order valence-electron chi connectivity index (χ0n) is 8.81. The van der Waals surface area contributed by atoms with Crippen molar-refractivity contribution in [2.45, 2.75) is 52.0 Å². The van der Waals surface area contributed by atoms with E-state index in [-0.39, 0.29) is 11.9 Å². The van der Waals surface area contributed by atoms with Gasteiger partial charge in [-0.3, -0.25) is 4.79 Å². The van der Waals surface area contributed by atoms with Crippen molar-refractivity contribution in [3.8, 4) is 0 Å². The summed E-state index contributed by atoms with van der Waals surface area (Å²) in [5.41, 5.74) is 5.38. The van der Waals surface area contributed by atoms with Crippen molar-refractivity contribution >= 4 is 5.91 Å². The summed E-state index contributed by atoms with van der Waals surface area (Å²) in [5.74, 6) is 0.133. The largest absolute Gasteiger partial charge is 0.352 e. The normalized spacial score (nSPS) is 12.5. The third kappa shape index (κ3) is 7.78. The van der Waals surface area contributed by atoms with Crippen molar-refractivity contribution < 1.29 is 4.79 Å². The summed E-state index contributed by atoms with van der Waals surface area (Å²) in [4.78, 5) is 11.2. The molecule has 0 heterocycles. The molecule has 13 heavy (non-hydrogen) atoms. The van der Waals surface area contributed by atoms with Crippen LogP contribution < -0.4 is 11.1 Å². The van der Waals surface area contributed by atoms with Gasteiger partial charge in [0.1, 0.15) is 0 Å². The Morgan fingerprint density at radius 1 is 1.38 bits per heavy atom. The highest BCUT2D eigenvalue weighted by molar-refractivity contribution is 5.76. The molecule has 3 nitrogen and oxygen atoms in total. The van der Waals surface area contributed by atoms with Crippen molar-refractivity contribution in [1.29, 1.82) is 0 Å². The Labute approximate surface area is 81.1 Å². The number of hydrogen-bond acceptors (Lipinski definition) is 2. The fraction of sp³-hybridized carbons (Fsp3) is 0.900. The van der Waals surface area contributed by atoms with Crippen LogP contribution in [0.5, 0.6) is 0 Å². The van der Waals surface area contributed by atoms with Gasteiger partial charge >= 0.3 is 0 Å². The first-order chi connectivity index (χ1) is 6.20. The van der Waals surface area contributed by atoms with Gasteiger partial charge in [-0.1, -0.05) is 26.2 Å². The second-order valence-corrected chi connectivity index (χ2v) is 3.51. The van der Waals surface area contributed by atoms with Crippen LogP contribution in [0.3, 0.4) is 0 Å². The molecule has 0 saturated heterocycles. The van der Waals surface area contributed by atoms with E-state index in [9.17, 15) is 4.79 Å². The van der Waals surface area contributed by atoms with Gasteiger partial charge in [0.2, 0.25) is 5.91 Å². The van der Waals surface area contributed by atoms with Gasteiger partial charge in [0.05, 0.1) is 0 Å². The third-order valence-electron chi connectivity index (χ3n) is 2.02. The summed E-state index contributed by atoms with van der Waals surface area (Å²) in [5, 5.41) is 2.84. The van der Waals surface area contributed by atoms with E-state index in [1.807, 2.05) is 6.92 Å². The quantitative estimate of drug-likeness (QED) is 0.591. The van der Waals surface area contributed by atoms with Crippen LogP contribution in [0, 0.1) is 0 Å². The molecule has 0 radical (unpaired) electrons. The van der Waals surface area contributed by atoms with E-state index in [2.05, 4.69) is 12.2 Å². The molecule has 1 amide bonds. The predicted molar refractivity (Wildman–Crippen MR) is 55.4 cm³/mol. The lowest BCUT2D eigenvalue weighted by molar-refractivity contribution is -0.121. The van der Waals surface area contributed by atoms with Crippen LogP contribution in [-0.2, 0) is 4.79 Å². The highest BCUT2D eigenvalue weighted by Gasteiger charge is 2.04. The smallest absolute Gasteiger partial charge is 0.220 e. The van der Waals surface area contributed by atoms with E-state index in [0.717, 1.165) is 12.8 Å². The molecule has 0 fully saturated rings. The molecule has 0 aliphatic heterocycles. The van der Waals surface area contributed by atoms with Crippen molar-refractivity contribution in [2.75, 3.05) is 6.54 Å². The van der Waals surface area contributed by atoms with Gasteiger partial charge in [0.25, 0.3) is 0 Å². The Kier molecular flexibility index (Phi) is 7.69.